The van der Waals surface area contributed by atoms with Crippen LogP contribution in [0.3, 0.4) is 0 Å². The smallest absolute Gasteiger partial charge is 0.231 e. The van der Waals surface area contributed by atoms with Gasteiger partial charge in [-0.25, -0.2) is 0 Å². The second kappa shape index (κ2) is 5.55. The van der Waals surface area contributed by atoms with Crippen LogP contribution in [-0.4, -0.2) is 10.9 Å². The van der Waals surface area contributed by atoms with Gasteiger partial charge in [-0.2, -0.15) is 0 Å². The number of carbonyl (C=O) groups excluding carboxylic acids is 1. The summed E-state index contributed by atoms with van der Waals surface area (Å²) in [5, 5.41) is 11.7. The number of carbonyl (C=O) groups is 1. The number of fused-ring (bicyclic) bond motifs is 3. The maximum absolute atomic E-state index is 12.6. The van der Waals surface area contributed by atoms with E-state index in [4.69, 9.17) is 27.9 Å². The first-order valence-electron chi connectivity index (χ1n) is 7.18. The zero-order chi connectivity index (χ0) is 16.8. The molecule has 0 aromatic heterocycles. The molecule has 118 valence electrons. The van der Waals surface area contributed by atoms with E-state index in [1.165, 1.54) is 12.1 Å². The number of rotatable bonds is 1. The summed E-state index contributed by atoms with van der Waals surface area (Å²) in [6, 6.07) is 14.4. The summed E-state index contributed by atoms with van der Waals surface area (Å²) in [5.74, 6) is 0.365. The lowest BCUT2D eigenvalue weighted by molar-refractivity contribution is 0.101. The number of phenols is 1. The van der Waals surface area contributed by atoms with Crippen molar-refractivity contribution in [3.63, 3.8) is 0 Å². The monoisotopic (exact) mass is 356 g/mol. The zero-order valence-corrected chi connectivity index (χ0v) is 13.7. The molecule has 3 nitrogen and oxygen atoms in total. The van der Waals surface area contributed by atoms with Gasteiger partial charge in [0.2, 0.25) is 5.78 Å². The van der Waals surface area contributed by atoms with Gasteiger partial charge in [-0.1, -0.05) is 53.5 Å². The highest BCUT2D eigenvalue weighted by Gasteiger charge is 2.29. The largest absolute Gasteiger partial charge is 0.505 e. The highest BCUT2D eigenvalue weighted by atomic mass is 35.5. The van der Waals surface area contributed by atoms with Crippen LogP contribution in [0.1, 0.15) is 15.9 Å². The lowest BCUT2D eigenvalue weighted by atomic mass is 10.0. The maximum Gasteiger partial charge on any atom is 0.231 e. The van der Waals surface area contributed by atoms with Gasteiger partial charge in [0.05, 0.1) is 15.6 Å². The standard InChI is InChI=1S/C19H10Cl2O3/c20-14-7-10(8-15(21)18(14)23)9-16-17(22)13-6-5-11-3-1-2-4-12(11)19(13)24-16/h1-9,23H/b16-9-. The normalized spacial score (nSPS) is 14.9. The van der Waals surface area contributed by atoms with Crippen LogP contribution in [0, 0.1) is 0 Å². The van der Waals surface area contributed by atoms with Crippen molar-refractivity contribution in [2.45, 2.75) is 0 Å². The molecule has 0 aliphatic carbocycles. The zero-order valence-electron chi connectivity index (χ0n) is 12.2. The molecule has 0 radical (unpaired) electrons. The van der Waals surface area contributed by atoms with E-state index in [2.05, 4.69) is 0 Å². The molecule has 0 amide bonds. The Balaban J connectivity index is 1.82. The molecule has 1 heterocycles. The van der Waals surface area contributed by atoms with Crippen LogP contribution in [0.15, 0.2) is 54.3 Å². The molecule has 0 fully saturated rings. The van der Waals surface area contributed by atoms with Crippen LogP contribution in [0.4, 0.5) is 0 Å². The van der Waals surface area contributed by atoms with E-state index in [1.54, 1.807) is 12.1 Å². The van der Waals surface area contributed by atoms with Crippen LogP contribution < -0.4 is 4.74 Å². The Morgan fingerprint density at radius 3 is 2.46 bits per heavy atom. The summed E-state index contributed by atoms with van der Waals surface area (Å²) in [4.78, 5) is 12.6. The van der Waals surface area contributed by atoms with E-state index >= 15 is 0 Å². The Bertz CT molecular complexity index is 1010. The lowest BCUT2D eigenvalue weighted by Crippen LogP contribution is -1.98. The minimum atomic E-state index is -0.198. The fourth-order valence-corrected chi connectivity index (χ4v) is 3.24. The summed E-state index contributed by atoms with van der Waals surface area (Å²) < 4.78 is 5.81. The van der Waals surface area contributed by atoms with Crippen molar-refractivity contribution in [1.82, 2.24) is 0 Å². The molecule has 3 aromatic rings. The highest BCUT2D eigenvalue weighted by Crippen LogP contribution is 2.39. The van der Waals surface area contributed by atoms with Crippen molar-refractivity contribution in [2.75, 3.05) is 0 Å². The molecule has 1 N–H and O–H groups in total. The average molecular weight is 357 g/mol. The predicted molar refractivity (Wildman–Crippen MR) is 95.0 cm³/mol. The molecule has 0 bridgehead atoms. The van der Waals surface area contributed by atoms with Gasteiger partial charge in [-0.3, -0.25) is 4.79 Å². The fraction of sp³-hybridized carbons (Fsp3) is 0. The van der Waals surface area contributed by atoms with Crippen molar-refractivity contribution in [2.24, 2.45) is 0 Å². The van der Waals surface area contributed by atoms with Crippen molar-refractivity contribution in [3.05, 3.63) is 75.5 Å². The van der Waals surface area contributed by atoms with Crippen molar-refractivity contribution in [3.8, 4) is 11.5 Å². The van der Waals surface area contributed by atoms with Crippen LogP contribution >= 0.6 is 23.2 Å². The quantitative estimate of drug-likeness (QED) is 0.588. The van der Waals surface area contributed by atoms with Crippen molar-refractivity contribution in [1.29, 1.82) is 0 Å². The van der Waals surface area contributed by atoms with Crippen molar-refractivity contribution >= 4 is 45.8 Å². The Morgan fingerprint density at radius 1 is 1.00 bits per heavy atom. The number of benzene rings is 3. The van der Waals surface area contributed by atoms with E-state index in [1.807, 2.05) is 30.3 Å². The lowest BCUT2D eigenvalue weighted by Gasteiger charge is -2.04. The maximum atomic E-state index is 12.6. The van der Waals surface area contributed by atoms with Gasteiger partial charge in [-0.05, 0) is 35.2 Å². The topological polar surface area (TPSA) is 46.5 Å². The number of hydrogen-bond donors (Lipinski definition) is 1. The van der Waals surface area contributed by atoms with Gasteiger partial charge >= 0.3 is 0 Å². The van der Waals surface area contributed by atoms with E-state index in [0.717, 1.165) is 10.8 Å². The second-order valence-electron chi connectivity index (χ2n) is 5.44. The summed E-state index contributed by atoms with van der Waals surface area (Å²) in [6.07, 6.45) is 1.56. The number of Topliss-reactive ketones (excluding diaryl/α,β-unsaturated/α-hetero) is 1. The fourth-order valence-electron chi connectivity index (χ4n) is 2.74. The van der Waals surface area contributed by atoms with Gasteiger partial charge in [0.15, 0.2) is 11.5 Å². The van der Waals surface area contributed by atoms with Gasteiger partial charge in [0, 0.05) is 5.39 Å². The first kappa shape index (κ1) is 15.1. The summed E-state index contributed by atoms with van der Waals surface area (Å²) in [7, 11) is 0. The molecule has 0 saturated carbocycles. The number of aromatic hydroxyl groups is 1. The summed E-state index contributed by atoms with van der Waals surface area (Å²) in [6.45, 7) is 0. The molecule has 0 unspecified atom stereocenters. The van der Waals surface area contributed by atoms with Crippen LogP contribution in [0.25, 0.3) is 16.8 Å². The van der Waals surface area contributed by atoms with E-state index < -0.39 is 0 Å². The Labute approximate surface area is 147 Å². The van der Waals surface area contributed by atoms with Gasteiger partial charge in [0.1, 0.15) is 5.75 Å². The molecule has 3 aromatic carbocycles. The summed E-state index contributed by atoms with van der Waals surface area (Å²) in [5.41, 5.74) is 1.10. The third-order valence-electron chi connectivity index (χ3n) is 3.90. The molecule has 4 rings (SSSR count). The van der Waals surface area contributed by atoms with E-state index in [-0.39, 0.29) is 27.3 Å². The Morgan fingerprint density at radius 2 is 1.71 bits per heavy atom. The molecule has 5 heteroatoms. The van der Waals surface area contributed by atoms with Crippen LogP contribution in [0.5, 0.6) is 11.5 Å². The number of ether oxygens (including phenoxy) is 1. The number of hydrogen-bond acceptors (Lipinski definition) is 3. The highest BCUT2D eigenvalue weighted by molar-refractivity contribution is 6.37. The molecule has 0 atom stereocenters. The third kappa shape index (κ3) is 2.33. The minimum absolute atomic E-state index is 0.114. The summed E-state index contributed by atoms with van der Waals surface area (Å²) >= 11 is 11.8. The Hall–Kier alpha value is -2.49. The molecule has 1 aliphatic rings. The average Bonchev–Trinajstić information content (AvgIpc) is 2.89. The molecule has 0 saturated heterocycles. The number of ketones is 1. The van der Waals surface area contributed by atoms with Crippen LogP contribution in [0.2, 0.25) is 10.0 Å². The molecule has 24 heavy (non-hydrogen) atoms. The molecular formula is C19H10Cl2O3. The third-order valence-corrected chi connectivity index (χ3v) is 4.47. The number of allylic oxidation sites excluding steroid dienone is 1. The van der Waals surface area contributed by atoms with Gasteiger partial charge in [-0.15, -0.1) is 0 Å². The Kier molecular flexibility index (Phi) is 3.48. The van der Waals surface area contributed by atoms with Crippen LogP contribution in [-0.2, 0) is 0 Å². The number of phenolic OH excluding ortho intramolecular Hbond substituents is 1. The predicted octanol–water partition coefficient (Wildman–Crippen LogP) is 5.47. The van der Waals surface area contributed by atoms with E-state index in [9.17, 15) is 9.90 Å². The molecular weight excluding hydrogens is 347 g/mol. The first-order valence-corrected chi connectivity index (χ1v) is 7.94. The second-order valence-corrected chi connectivity index (χ2v) is 6.25. The van der Waals surface area contributed by atoms with Gasteiger partial charge < -0.3 is 9.84 Å². The van der Waals surface area contributed by atoms with Gasteiger partial charge in [0.25, 0.3) is 0 Å². The molecule has 1 aliphatic heterocycles. The minimum Gasteiger partial charge on any atom is -0.505 e. The van der Waals surface area contributed by atoms with E-state index in [0.29, 0.717) is 16.9 Å². The molecule has 0 spiro atoms. The SMILES string of the molecule is O=C1/C(=C/c2cc(Cl)c(O)c(Cl)c2)Oc2c1ccc1ccccc21. The number of halogens is 2. The first-order chi connectivity index (χ1) is 11.5. The van der Waals surface area contributed by atoms with Crippen molar-refractivity contribution < 1.29 is 14.6 Å².